The predicted molar refractivity (Wildman–Crippen MR) is 65.5 cm³/mol. The zero-order chi connectivity index (χ0) is 10.7. The first-order valence-electron chi connectivity index (χ1n) is 5.26. The van der Waals surface area contributed by atoms with Gasteiger partial charge in [-0.3, -0.25) is 0 Å². The van der Waals surface area contributed by atoms with Crippen molar-refractivity contribution in [2.24, 2.45) is 0 Å². The third-order valence-corrected chi connectivity index (χ3v) is 2.75. The molecule has 80 valence electrons. The van der Waals surface area contributed by atoms with Gasteiger partial charge >= 0.3 is 0 Å². The van der Waals surface area contributed by atoms with Crippen LogP contribution in [0.5, 0.6) is 0 Å². The normalized spacial score (nSPS) is 11.1. The highest BCUT2D eigenvalue weighted by atomic mass is 35.5. The SMILES string of the molecule is CCNCCn1ccc2ccc(Cl)cc21. The van der Waals surface area contributed by atoms with Crippen molar-refractivity contribution in [2.75, 3.05) is 13.1 Å². The molecule has 2 rings (SSSR count). The number of nitrogens with one attached hydrogen (secondary N) is 1. The van der Waals surface area contributed by atoms with Crippen LogP contribution in [-0.4, -0.2) is 17.7 Å². The first-order valence-corrected chi connectivity index (χ1v) is 5.64. The van der Waals surface area contributed by atoms with Gasteiger partial charge in [-0.2, -0.15) is 0 Å². The molecule has 1 N–H and O–H groups in total. The Kier molecular flexibility index (Phi) is 3.29. The Hall–Kier alpha value is -0.990. The van der Waals surface area contributed by atoms with E-state index in [2.05, 4.69) is 35.1 Å². The van der Waals surface area contributed by atoms with Gasteiger partial charge in [0.15, 0.2) is 0 Å². The van der Waals surface area contributed by atoms with E-state index < -0.39 is 0 Å². The Morgan fingerprint density at radius 2 is 2.20 bits per heavy atom. The van der Waals surface area contributed by atoms with E-state index in [9.17, 15) is 0 Å². The van der Waals surface area contributed by atoms with Crippen molar-refractivity contribution in [1.29, 1.82) is 0 Å². The van der Waals surface area contributed by atoms with Crippen LogP contribution in [0.3, 0.4) is 0 Å². The molecule has 0 aliphatic heterocycles. The fourth-order valence-electron chi connectivity index (χ4n) is 1.73. The van der Waals surface area contributed by atoms with E-state index in [1.54, 1.807) is 0 Å². The second-order valence-corrected chi connectivity index (χ2v) is 4.00. The van der Waals surface area contributed by atoms with E-state index in [-0.39, 0.29) is 0 Å². The van der Waals surface area contributed by atoms with E-state index in [0.29, 0.717) is 0 Å². The van der Waals surface area contributed by atoms with E-state index in [1.165, 1.54) is 10.9 Å². The molecular weight excluding hydrogens is 208 g/mol. The van der Waals surface area contributed by atoms with E-state index in [1.807, 2.05) is 12.1 Å². The highest BCUT2D eigenvalue weighted by molar-refractivity contribution is 6.31. The fourth-order valence-corrected chi connectivity index (χ4v) is 1.89. The molecule has 1 aromatic carbocycles. The van der Waals surface area contributed by atoms with Crippen molar-refractivity contribution in [1.82, 2.24) is 9.88 Å². The molecule has 0 spiro atoms. The largest absolute Gasteiger partial charge is 0.346 e. The molecule has 1 aromatic heterocycles. The van der Waals surface area contributed by atoms with E-state index in [0.717, 1.165) is 24.7 Å². The highest BCUT2D eigenvalue weighted by Gasteiger charge is 2.00. The van der Waals surface area contributed by atoms with Crippen molar-refractivity contribution < 1.29 is 0 Å². The van der Waals surface area contributed by atoms with Crippen LogP contribution in [0.4, 0.5) is 0 Å². The van der Waals surface area contributed by atoms with Crippen LogP contribution in [0.2, 0.25) is 5.02 Å². The molecule has 0 aliphatic rings. The van der Waals surface area contributed by atoms with Crippen molar-refractivity contribution in [2.45, 2.75) is 13.5 Å². The third kappa shape index (κ3) is 2.33. The monoisotopic (exact) mass is 222 g/mol. The summed E-state index contributed by atoms with van der Waals surface area (Å²) in [5, 5.41) is 5.36. The maximum atomic E-state index is 5.98. The first-order chi connectivity index (χ1) is 7.31. The molecule has 0 atom stereocenters. The van der Waals surface area contributed by atoms with Gasteiger partial charge in [0.2, 0.25) is 0 Å². The Labute approximate surface area is 94.8 Å². The molecule has 1 heterocycles. The lowest BCUT2D eigenvalue weighted by molar-refractivity contribution is 0.627. The number of hydrogen-bond donors (Lipinski definition) is 1. The van der Waals surface area contributed by atoms with Gasteiger partial charge in [-0.1, -0.05) is 24.6 Å². The topological polar surface area (TPSA) is 17.0 Å². The standard InChI is InChI=1S/C12H15ClN2/c1-2-14-6-8-15-7-5-10-3-4-11(13)9-12(10)15/h3-5,7,9,14H,2,6,8H2,1H3. The number of fused-ring (bicyclic) bond motifs is 1. The van der Waals surface area contributed by atoms with Crippen molar-refractivity contribution >= 4 is 22.5 Å². The first kappa shape index (κ1) is 10.5. The lowest BCUT2D eigenvalue weighted by atomic mass is 10.2. The Morgan fingerprint density at radius 1 is 1.33 bits per heavy atom. The summed E-state index contributed by atoms with van der Waals surface area (Å²) in [6.07, 6.45) is 2.11. The van der Waals surface area contributed by atoms with Gasteiger partial charge in [-0.25, -0.2) is 0 Å². The molecule has 0 saturated carbocycles. The molecule has 0 amide bonds. The number of aromatic nitrogens is 1. The summed E-state index contributed by atoms with van der Waals surface area (Å²) in [4.78, 5) is 0. The number of halogens is 1. The van der Waals surface area contributed by atoms with Gasteiger partial charge in [0.25, 0.3) is 0 Å². The Bertz CT molecular complexity index is 448. The average molecular weight is 223 g/mol. The third-order valence-electron chi connectivity index (χ3n) is 2.52. The summed E-state index contributed by atoms with van der Waals surface area (Å²) in [7, 11) is 0. The zero-order valence-corrected chi connectivity index (χ0v) is 9.59. The minimum absolute atomic E-state index is 0.797. The van der Waals surface area contributed by atoms with Crippen molar-refractivity contribution in [3.05, 3.63) is 35.5 Å². The summed E-state index contributed by atoms with van der Waals surface area (Å²) in [6.45, 7) is 5.11. The average Bonchev–Trinajstić information content (AvgIpc) is 2.62. The van der Waals surface area contributed by atoms with Crippen molar-refractivity contribution in [3.63, 3.8) is 0 Å². The van der Waals surface area contributed by atoms with E-state index in [4.69, 9.17) is 11.6 Å². The molecule has 0 unspecified atom stereocenters. The second kappa shape index (κ2) is 4.69. The number of benzene rings is 1. The lowest BCUT2D eigenvalue weighted by Crippen LogP contribution is -2.18. The minimum Gasteiger partial charge on any atom is -0.346 e. The number of likely N-dealkylation sites (N-methyl/N-ethyl adjacent to an activating group) is 1. The molecule has 15 heavy (non-hydrogen) atoms. The Balaban J connectivity index is 2.23. The lowest BCUT2D eigenvalue weighted by Gasteiger charge is -2.05. The maximum absolute atomic E-state index is 5.98. The molecule has 0 radical (unpaired) electrons. The fraction of sp³-hybridized carbons (Fsp3) is 0.333. The summed E-state index contributed by atoms with van der Waals surface area (Å²) < 4.78 is 2.23. The molecule has 0 bridgehead atoms. The Morgan fingerprint density at radius 3 is 3.00 bits per heavy atom. The number of rotatable bonds is 4. The molecule has 0 aliphatic carbocycles. The van der Waals surface area contributed by atoms with Crippen LogP contribution in [0, 0.1) is 0 Å². The smallest absolute Gasteiger partial charge is 0.0495 e. The number of hydrogen-bond acceptors (Lipinski definition) is 1. The minimum atomic E-state index is 0.797. The molecule has 0 saturated heterocycles. The molecule has 2 aromatic rings. The second-order valence-electron chi connectivity index (χ2n) is 3.57. The highest BCUT2D eigenvalue weighted by Crippen LogP contribution is 2.20. The van der Waals surface area contributed by atoms with E-state index >= 15 is 0 Å². The van der Waals surface area contributed by atoms with Crippen LogP contribution in [0.15, 0.2) is 30.5 Å². The van der Waals surface area contributed by atoms with Gasteiger partial charge in [0, 0.05) is 29.8 Å². The predicted octanol–water partition coefficient (Wildman–Crippen LogP) is 2.90. The van der Waals surface area contributed by atoms with Crippen LogP contribution in [-0.2, 0) is 6.54 Å². The molecular formula is C12H15ClN2. The quantitative estimate of drug-likeness (QED) is 0.788. The molecule has 3 heteroatoms. The van der Waals surface area contributed by atoms with Crippen LogP contribution >= 0.6 is 11.6 Å². The number of nitrogens with zero attached hydrogens (tertiary/aromatic N) is 1. The van der Waals surface area contributed by atoms with Gasteiger partial charge in [-0.15, -0.1) is 0 Å². The van der Waals surface area contributed by atoms with Crippen LogP contribution in [0.25, 0.3) is 10.9 Å². The van der Waals surface area contributed by atoms with Gasteiger partial charge in [0.05, 0.1) is 0 Å². The summed E-state index contributed by atoms with van der Waals surface area (Å²) in [6, 6.07) is 8.13. The van der Waals surface area contributed by atoms with Crippen molar-refractivity contribution in [3.8, 4) is 0 Å². The van der Waals surface area contributed by atoms with Crippen LogP contribution < -0.4 is 5.32 Å². The summed E-state index contributed by atoms with van der Waals surface area (Å²) >= 11 is 5.98. The van der Waals surface area contributed by atoms with Crippen LogP contribution in [0.1, 0.15) is 6.92 Å². The van der Waals surface area contributed by atoms with Gasteiger partial charge in [-0.05, 0) is 30.1 Å². The maximum Gasteiger partial charge on any atom is 0.0495 e. The zero-order valence-electron chi connectivity index (χ0n) is 8.83. The summed E-state index contributed by atoms with van der Waals surface area (Å²) in [5.41, 5.74) is 1.21. The van der Waals surface area contributed by atoms with Gasteiger partial charge < -0.3 is 9.88 Å². The summed E-state index contributed by atoms with van der Waals surface area (Å²) in [5.74, 6) is 0. The van der Waals surface area contributed by atoms with Gasteiger partial charge in [0.1, 0.15) is 0 Å². The molecule has 0 fully saturated rings. The molecule has 2 nitrogen and oxygen atoms in total.